The molecule has 0 aliphatic carbocycles. The molecule has 0 aliphatic heterocycles. The van der Waals surface area contributed by atoms with Crippen LogP contribution in [0.4, 0.5) is 0 Å². The summed E-state index contributed by atoms with van der Waals surface area (Å²) in [4.78, 5) is 23.0. The van der Waals surface area contributed by atoms with Gasteiger partial charge in [-0.3, -0.25) is 9.59 Å². The molecule has 0 aromatic carbocycles. The molecule has 0 aliphatic rings. The first kappa shape index (κ1) is 28.9. The molecule has 0 aromatic rings. The van der Waals surface area contributed by atoms with Crippen LogP contribution in [-0.4, -0.2) is 25.2 Å². The topological polar surface area (TPSA) is 52.6 Å². The van der Waals surface area contributed by atoms with Crippen LogP contribution in [0.2, 0.25) is 0 Å². The molecule has 1 atom stereocenters. The maximum Gasteiger partial charge on any atom is 0.306 e. The standard InChI is InChI=1S/C26H50O4/c1-4-21-29-25(27)20-18-16-14-12-10-8-6-7-9-11-13-15-17-19-24(3)23-26(28)30-22-5-2/h24H,4-23H2,1-3H3. The highest BCUT2D eigenvalue weighted by molar-refractivity contribution is 5.69. The van der Waals surface area contributed by atoms with Gasteiger partial charge >= 0.3 is 11.9 Å². The molecule has 1 unspecified atom stereocenters. The van der Waals surface area contributed by atoms with Crippen molar-refractivity contribution in [2.45, 2.75) is 136 Å². The Kier molecular flexibility index (Phi) is 21.8. The molecule has 30 heavy (non-hydrogen) atoms. The molecule has 4 heteroatoms. The lowest BCUT2D eigenvalue weighted by Crippen LogP contribution is -2.10. The van der Waals surface area contributed by atoms with Gasteiger partial charge < -0.3 is 9.47 Å². The van der Waals surface area contributed by atoms with E-state index in [0.717, 1.165) is 32.1 Å². The number of unbranched alkanes of at least 4 members (excludes halogenated alkanes) is 12. The molecule has 0 N–H and O–H groups in total. The summed E-state index contributed by atoms with van der Waals surface area (Å²) < 4.78 is 10.2. The average Bonchev–Trinajstić information content (AvgIpc) is 2.73. The number of hydrogen-bond donors (Lipinski definition) is 0. The summed E-state index contributed by atoms with van der Waals surface area (Å²) in [5.41, 5.74) is 0. The van der Waals surface area contributed by atoms with E-state index in [1.54, 1.807) is 0 Å². The van der Waals surface area contributed by atoms with E-state index in [4.69, 9.17) is 9.47 Å². The zero-order valence-corrected chi connectivity index (χ0v) is 20.4. The van der Waals surface area contributed by atoms with E-state index in [1.165, 1.54) is 70.6 Å². The van der Waals surface area contributed by atoms with Gasteiger partial charge in [0.25, 0.3) is 0 Å². The predicted octanol–water partition coefficient (Wildman–Crippen LogP) is 7.77. The third-order valence-corrected chi connectivity index (χ3v) is 5.53. The molecule has 0 aromatic heterocycles. The highest BCUT2D eigenvalue weighted by Crippen LogP contribution is 2.16. The molecule has 0 radical (unpaired) electrons. The molecular weight excluding hydrogens is 376 g/mol. The molecule has 0 heterocycles. The van der Waals surface area contributed by atoms with Crippen molar-refractivity contribution in [1.82, 2.24) is 0 Å². The van der Waals surface area contributed by atoms with Gasteiger partial charge in [0.2, 0.25) is 0 Å². The summed E-state index contributed by atoms with van der Waals surface area (Å²) >= 11 is 0. The smallest absolute Gasteiger partial charge is 0.306 e. The fourth-order valence-corrected chi connectivity index (χ4v) is 3.66. The van der Waals surface area contributed by atoms with E-state index in [9.17, 15) is 9.59 Å². The molecule has 0 saturated heterocycles. The van der Waals surface area contributed by atoms with Crippen LogP contribution in [0.25, 0.3) is 0 Å². The van der Waals surface area contributed by atoms with E-state index in [2.05, 4.69) is 6.92 Å². The van der Waals surface area contributed by atoms with Gasteiger partial charge in [0.1, 0.15) is 0 Å². The minimum absolute atomic E-state index is 0.0292. The van der Waals surface area contributed by atoms with Gasteiger partial charge in [0, 0.05) is 12.8 Å². The van der Waals surface area contributed by atoms with Gasteiger partial charge in [-0.05, 0) is 25.2 Å². The molecule has 0 rings (SSSR count). The monoisotopic (exact) mass is 426 g/mol. The highest BCUT2D eigenvalue weighted by atomic mass is 16.5. The maximum absolute atomic E-state index is 11.6. The zero-order valence-electron chi connectivity index (χ0n) is 20.4. The Morgan fingerprint density at radius 2 is 1.00 bits per heavy atom. The molecular formula is C26H50O4. The Labute approximate surface area is 186 Å². The van der Waals surface area contributed by atoms with Gasteiger partial charge in [-0.1, -0.05) is 104 Å². The van der Waals surface area contributed by atoms with Gasteiger partial charge in [-0.2, -0.15) is 0 Å². The molecule has 0 saturated carbocycles. The number of carbonyl (C=O) groups excluding carboxylic acids is 2. The van der Waals surface area contributed by atoms with E-state index >= 15 is 0 Å². The maximum atomic E-state index is 11.6. The van der Waals surface area contributed by atoms with Gasteiger partial charge in [0.15, 0.2) is 0 Å². The molecule has 0 bridgehead atoms. The summed E-state index contributed by atoms with van der Waals surface area (Å²) in [5, 5.41) is 0. The van der Waals surface area contributed by atoms with Crippen LogP contribution in [0, 0.1) is 5.92 Å². The Morgan fingerprint density at radius 1 is 0.600 bits per heavy atom. The second-order valence-electron chi connectivity index (χ2n) is 8.89. The Morgan fingerprint density at radius 3 is 1.47 bits per heavy atom. The minimum atomic E-state index is -0.0311. The fraction of sp³-hybridized carbons (Fsp3) is 0.923. The van der Waals surface area contributed by atoms with Crippen molar-refractivity contribution in [1.29, 1.82) is 0 Å². The van der Waals surface area contributed by atoms with Crippen LogP contribution in [0.1, 0.15) is 136 Å². The largest absolute Gasteiger partial charge is 0.466 e. The summed E-state index contributed by atoms with van der Waals surface area (Å²) in [6, 6.07) is 0. The highest BCUT2D eigenvalue weighted by Gasteiger charge is 2.09. The Balaban J connectivity index is 3.22. The summed E-state index contributed by atoms with van der Waals surface area (Å²) in [5.74, 6) is 0.388. The lowest BCUT2D eigenvalue weighted by Gasteiger charge is -2.10. The summed E-state index contributed by atoms with van der Waals surface area (Å²) in [6.45, 7) is 7.33. The van der Waals surface area contributed by atoms with Crippen LogP contribution in [0.3, 0.4) is 0 Å². The molecule has 0 spiro atoms. The molecule has 178 valence electrons. The minimum Gasteiger partial charge on any atom is -0.466 e. The van der Waals surface area contributed by atoms with E-state index < -0.39 is 0 Å². The molecule has 4 nitrogen and oxygen atoms in total. The predicted molar refractivity (Wildman–Crippen MR) is 126 cm³/mol. The van der Waals surface area contributed by atoms with Crippen molar-refractivity contribution in [2.75, 3.05) is 13.2 Å². The molecule has 0 amide bonds. The first-order chi connectivity index (χ1) is 14.6. The van der Waals surface area contributed by atoms with Crippen LogP contribution in [-0.2, 0) is 19.1 Å². The van der Waals surface area contributed by atoms with Crippen LogP contribution in [0.5, 0.6) is 0 Å². The average molecular weight is 427 g/mol. The third-order valence-electron chi connectivity index (χ3n) is 5.53. The van der Waals surface area contributed by atoms with Crippen molar-refractivity contribution >= 4 is 11.9 Å². The first-order valence-corrected chi connectivity index (χ1v) is 12.9. The second kappa shape index (κ2) is 22.6. The van der Waals surface area contributed by atoms with E-state index in [1.807, 2.05) is 13.8 Å². The van der Waals surface area contributed by atoms with Crippen molar-refractivity contribution in [3.63, 3.8) is 0 Å². The SMILES string of the molecule is CCCOC(=O)CCCCCCCCCCCCCCCC(C)CC(=O)OCCC. The van der Waals surface area contributed by atoms with E-state index in [-0.39, 0.29) is 11.9 Å². The zero-order chi connectivity index (χ0) is 22.3. The van der Waals surface area contributed by atoms with Crippen molar-refractivity contribution in [3.8, 4) is 0 Å². The Hall–Kier alpha value is -1.06. The van der Waals surface area contributed by atoms with Crippen LogP contribution < -0.4 is 0 Å². The molecule has 0 fully saturated rings. The van der Waals surface area contributed by atoms with Crippen LogP contribution in [0.15, 0.2) is 0 Å². The quantitative estimate of drug-likeness (QED) is 0.131. The second-order valence-corrected chi connectivity index (χ2v) is 8.89. The third kappa shape index (κ3) is 21.6. The number of carbonyl (C=O) groups is 2. The first-order valence-electron chi connectivity index (χ1n) is 12.9. The number of hydrogen-bond acceptors (Lipinski definition) is 4. The van der Waals surface area contributed by atoms with E-state index in [0.29, 0.717) is 32.0 Å². The van der Waals surface area contributed by atoms with Crippen LogP contribution >= 0.6 is 0 Å². The normalized spacial score (nSPS) is 12.0. The van der Waals surface area contributed by atoms with Crippen molar-refractivity contribution in [2.24, 2.45) is 5.92 Å². The number of esters is 2. The van der Waals surface area contributed by atoms with Crippen molar-refractivity contribution < 1.29 is 19.1 Å². The van der Waals surface area contributed by atoms with Crippen molar-refractivity contribution in [3.05, 3.63) is 0 Å². The number of rotatable bonds is 22. The lowest BCUT2D eigenvalue weighted by atomic mass is 9.99. The summed E-state index contributed by atoms with van der Waals surface area (Å²) in [7, 11) is 0. The van der Waals surface area contributed by atoms with Gasteiger partial charge in [0.05, 0.1) is 13.2 Å². The fourth-order valence-electron chi connectivity index (χ4n) is 3.66. The Bertz CT molecular complexity index is 394. The van der Waals surface area contributed by atoms with Gasteiger partial charge in [-0.15, -0.1) is 0 Å². The number of ether oxygens (including phenoxy) is 2. The summed E-state index contributed by atoms with van der Waals surface area (Å²) in [6.07, 6.45) is 20.8. The lowest BCUT2D eigenvalue weighted by molar-refractivity contribution is -0.145. The van der Waals surface area contributed by atoms with Gasteiger partial charge in [-0.25, -0.2) is 0 Å².